The van der Waals surface area contributed by atoms with Crippen molar-refractivity contribution in [1.29, 1.82) is 0 Å². The fourth-order valence-corrected chi connectivity index (χ4v) is 2.06. The van der Waals surface area contributed by atoms with Gasteiger partial charge in [-0.3, -0.25) is 0 Å². The lowest BCUT2D eigenvalue weighted by Crippen LogP contribution is -1.98. The molecule has 22 heavy (non-hydrogen) atoms. The normalized spacial score (nSPS) is 10.6. The second-order valence-corrected chi connectivity index (χ2v) is 4.88. The zero-order chi connectivity index (χ0) is 15.9. The molecule has 0 saturated heterocycles. The highest BCUT2D eigenvalue weighted by Gasteiger charge is 2.10. The number of aliphatic carboxylic acids is 1. The Morgan fingerprint density at radius 1 is 1.23 bits per heavy atom. The molecule has 1 N–H and O–H groups in total. The Balaban J connectivity index is 2.21. The van der Waals surface area contributed by atoms with Crippen molar-refractivity contribution in [3.63, 3.8) is 0 Å². The molecule has 0 aliphatic heterocycles. The summed E-state index contributed by atoms with van der Waals surface area (Å²) < 4.78 is 11.0. The smallest absolute Gasteiger partial charge is 0.328 e. The number of rotatable bonds is 6. The highest BCUT2D eigenvalue weighted by atomic mass is 35.5. The van der Waals surface area contributed by atoms with Crippen LogP contribution in [0.5, 0.6) is 11.5 Å². The lowest BCUT2D eigenvalue weighted by Gasteiger charge is -2.12. The van der Waals surface area contributed by atoms with E-state index in [0.29, 0.717) is 28.7 Å². The van der Waals surface area contributed by atoms with Crippen molar-refractivity contribution < 1.29 is 19.4 Å². The van der Waals surface area contributed by atoms with Gasteiger partial charge in [0.05, 0.1) is 12.1 Å². The molecule has 4 nitrogen and oxygen atoms in total. The summed E-state index contributed by atoms with van der Waals surface area (Å²) in [6.45, 7) is 0.387. The molecule has 0 aliphatic rings. The molecular formula is C17H15ClO4. The van der Waals surface area contributed by atoms with E-state index in [-0.39, 0.29) is 0 Å². The molecule has 0 aliphatic carbocycles. The zero-order valence-corrected chi connectivity index (χ0v) is 12.7. The minimum atomic E-state index is -1.04. The van der Waals surface area contributed by atoms with Gasteiger partial charge in [0.2, 0.25) is 0 Å². The van der Waals surface area contributed by atoms with Crippen LogP contribution in [0.15, 0.2) is 48.5 Å². The summed E-state index contributed by atoms with van der Waals surface area (Å²) in [4.78, 5) is 10.6. The molecule has 0 amide bonds. The minimum absolute atomic E-state index is 0.387. The standard InChI is InChI=1S/C17H15ClO4/c1-21-15-9-13(7-8-17(19)20)14(18)10-16(15)22-11-12-5-3-2-4-6-12/h2-10H,11H2,1H3,(H,19,20)/b8-7+. The fourth-order valence-electron chi connectivity index (χ4n) is 1.85. The SMILES string of the molecule is COc1cc(/C=C/C(=O)O)c(Cl)cc1OCc1ccccc1. The first-order chi connectivity index (χ1) is 10.6. The largest absolute Gasteiger partial charge is 0.493 e. The van der Waals surface area contributed by atoms with Crippen LogP contribution in [0.3, 0.4) is 0 Å². The number of carbonyl (C=O) groups is 1. The number of carboxylic acid groups (broad SMARTS) is 1. The molecule has 2 aromatic carbocycles. The van der Waals surface area contributed by atoms with E-state index in [4.69, 9.17) is 26.2 Å². The van der Waals surface area contributed by atoms with Crippen LogP contribution >= 0.6 is 11.6 Å². The Labute approximate surface area is 133 Å². The van der Waals surface area contributed by atoms with E-state index < -0.39 is 5.97 Å². The molecule has 114 valence electrons. The molecular weight excluding hydrogens is 304 g/mol. The van der Waals surface area contributed by atoms with Crippen molar-refractivity contribution in [3.8, 4) is 11.5 Å². The van der Waals surface area contributed by atoms with Crippen molar-refractivity contribution in [2.24, 2.45) is 0 Å². The molecule has 0 bridgehead atoms. The fraction of sp³-hybridized carbons (Fsp3) is 0.118. The van der Waals surface area contributed by atoms with Crippen LogP contribution in [0, 0.1) is 0 Å². The lowest BCUT2D eigenvalue weighted by atomic mass is 10.2. The summed E-state index contributed by atoms with van der Waals surface area (Å²) in [6, 6.07) is 13.0. The van der Waals surface area contributed by atoms with Crippen LogP contribution in [0.1, 0.15) is 11.1 Å². The van der Waals surface area contributed by atoms with Gasteiger partial charge in [0.25, 0.3) is 0 Å². The van der Waals surface area contributed by atoms with Gasteiger partial charge in [0.15, 0.2) is 11.5 Å². The minimum Gasteiger partial charge on any atom is -0.493 e. The first-order valence-electron chi connectivity index (χ1n) is 6.55. The molecule has 2 rings (SSSR count). The monoisotopic (exact) mass is 318 g/mol. The molecule has 2 aromatic rings. The maximum atomic E-state index is 10.6. The van der Waals surface area contributed by atoms with Crippen molar-refractivity contribution in [2.75, 3.05) is 7.11 Å². The zero-order valence-electron chi connectivity index (χ0n) is 12.0. The summed E-state index contributed by atoms with van der Waals surface area (Å²) in [5, 5.41) is 9.06. The molecule has 0 heterocycles. The first kappa shape index (κ1) is 15.9. The van der Waals surface area contributed by atoms with Crippen LogP contribution in [0.2, 0.25) is 5.02 Å². The average Bonchev–Trinajstić information content (AvgIpc) is 2.52. The predicted octanol–water partition coefficient (Wildman–Crippen LogP) is 4.03. The predicted molar refractivity (Wildman–Crippen MR) is 85.4 cm³/mol. The molecule has 0 saturated carbocycles. The van der Waals surface area contributed by atoms with Crippen molar-refractivity contribution in [3.05, 3.63) is 64.7 Å². The second kappa shape index (κ2) is 7.52. The highest BCUT2D eigenvalue weighted by Crippen LogP contribution is 2.34. The van der Waals surface area contributed by atoms with Gasteiger partial charge in [-0.1, -0.05) is 41.9 Å². The van der Waals surface area contributed by atoms with Crippen LogP contribution < -0.4 is 9.47 Å². The molecule has 0 radical (unpaired) electrons. The van der Waals surface area contributed by atoms with Gasteiger partial charge in [-0.2, -0.15) is 0 Å². The quantitative estimate of drug-likeness (QED) is 0.817. The van der Waals surface area contributed by atoms with E-state index in [9.17, 15) is 4.79 Å². The summed E-state index contributed by atoms with van der Waals surface area (Å²) in [6.07, 6.45) is 2.43. The number of ether oxygens (including phenoxy) is 2. The molecule has 0 unspecified atom stereocenters. The molecule has 0 fully saturated rings. The summed E-state index contributed by atoms with van der Waals surface area (Å²) >= 11 is 6.14. The number of benzene rings is 2. The third-order valence-corrected chi connectivity index (χ3v) is 3.25. The number of methoxy groups -OCH3 is 1. The number of hydrogen-bond acceptors (Lipinski definition) is 3. The third-order valence-electron chi connectivity index (χ3n) is 2.93. The first-order valence-corrected chi connectivity index (χ1v) is 6.93. The molecule has 0 aromatic heterocycles. The van der Waals surface area contributed by atoms with Gasteiger partial charge in [0.1, 0.15) is 6.61 Å². The Hall–Kier alpha value is -2.46. The highest BCUT2D eigenvalue weighted by molar-refractivity contribution is 6.32. The Bertz CT molecular complexity index is 681. The topological polar surface area (TPSA) is 55.8 Å². The van der Waals surface area contributed by atoms with Gasteiger partial charge in [-0.25, -0.2) is 4.79 Å². The molecule has 0 atom stereocenters. The van der Waals surface area contributed by atoms with Crippen LogP contribution in [-0.2, 0) is 11.4 Å². The van der Waals surface area contributed by atoms with Gasteiger partial charge < -0.3 is 14.6 Å². The Morgan fingerprint density at radius 3 is 2.59 bits per heavy atom. The summed E-state index contributed by atoms with van der Waals surface area (Å²) in [7, 11) is 1.52. The Kier molecular flexibility index (Phi) is 5.44. The number of halogens is 1. The van der Waals surface area contributed by atoms with Crippen molar-refractivity contribution in [1.82, 2.24) is 0 Å². The van der Waals surface area contributed by atoms with E-state index >= 15 is 0 Å². The number of hydrogen-bond donors (Lipinski definition) is 1. The van der Waals surface area contributed by atoms with Gasteiger partial charge >= 0.3 is 5.97 Å². The van der Waals surface area contributed by atoms with Crippen molar-refractivity contribution in [2.45, 2.75) is 6.61 Å². The van der Waals surface area contributed by atoms with E-state index in [1.54, 1.807) is 12.1 Å². The lowest BCUT2D eigenvalue weighted by molar-refractivity contribution is -0.131. The average molecular weight is 319 g/mol. The maximum absolute atomic E-state index is 10.6. The van der Waals surface area contributed by atoms with Crippen molar-refractivity contribution >= 4 is 23.6 Å². The van der Waals surface area contributed by atoms with Crippen LogP contribution in [0.25, 0.3) is 6.08 Å². The van der Waals surface area contributed by atoms with Gasteiger partial charge in [-0.15, -0.1) is 0 Å². The van der Waals surface area contributed by atoms with E-state index in [1.807, 2.05) is 30.3 Å². The second-order valence-electron chi connectivity index (χ2n) is 4.47. The van der Waals surface area contributed by atoms with Gasteiger partial charge in [-0.05, 0) is 23.3 Å². The summed E-state index contributed by atoms with van der Waals surface area (Å²) in [5.74, 6) is -0.0476. The third kappa shape index (κ3) is 4.27. The summed E-state index contributed by atoms with van der Waals surface area (Å²) in [5.41, 5.74) is 1.57. The molecule has 0 spiro atoms. The van der Waals surface area contributed by atoms with Gasteiger partial charge in [0, 0.05) is 12.1 Å². The number of carboxylic acids is 1. The van der Waals surface area contributed by atoms with Crippen LogP contribution in [0.4, 0.5) is 0 Å². The van der Waals surface area contributed by atoms with Crippen LogP contribution in [-0.4, -0.2) is 18.2 Å². The van der Waals surface area contributed by atoms with E-state index in [2.05, 4.69) is 0 Å². The van der Waals surface area contributed by atoms with E-state index in [0.717, 1.165) is 11.6 Å². The molecule has 5 heteroatoms. The Morgan fingerprint density at radius 2 is 1.95 bits per heavy atom. The van der Waals surface area contributed by atoms with E-state index in [1.165, 1.54) is 13.2 Å². The maximum Gasteiger partial charge on any atom is 0.328 e.